The van der Waals surface area contributed by atoms with Crippen molar-refractivity contribution in [2.24, 2.45) is 5.92 Å². The fourth-order valence-corrected chi connectivity index (χ4v) is 9.54. The van der Waals surface area contributed by atoms with Gasteiger partial charge in [-0.05, 0) is 95.9 Å². The Hall–Kier alpha value is -2.82. The smallest absolute Gasteiger partial charge is 0.328 e. The summed E-state index contributed by atoms with van der Waals surface area (Å²) in [5.74, 6) is -2.87. The topological polar surface area (TPSA) is 144 Å². The highest BCUT2D eigenvalue weighted by Crippen LogP contribution is 2.37. The SMILES string of the molecule is CCCCCCCC(=O)CCCCCCCCC(C(=O)NC(Cc1ccc(O[Si](C)(C)C)cc1)C(=O)OC)C(CC(=O)OC)(O[Si](C)(C)C)C(=O)O[Si](C)(C)C. The van der Waals surface area contributed by atoms with Gasteiger partial charge in [-0.25, -0.2) is 4.79 Å². The zero-order valence-electron chi connectivity index (χ0n) is 36.9. The lowest BCUT2D eigenvalue weighted by Gasteiger charge is -2.43. The number of esters is 2. The molecule has 0 aliphatic rings. The van der Waals surface area contributed by atoms with Crippen molar-refractivity contribution in [3.05, 3.63) is 29.8 Å². The summed E-state index contributed by atoms with van der Waals surface area (Å²) < 4.78 is 29.0. The molecule has 1 rings (SSSR count). The molecule has 0 fully saturated rings. The van der Waals surface area contributed by atoms with E-state index >= 15 is 0 Å². The van der Waals surface area contributed by atoms with Gasteiger partial charge in [0.2, 0.25) is 22.5 Å². The highest BCUT2D eigenvalue weighted by molar-refractivity contribution is 6.72. The third-order valence-corrected chi connectivity index (χ3v) is 11.7. The van der Waals surface area contributed by atoms with E-state index < -0.39 is 72.7 Å². The van der Waals surface area contributed by atoms with E-state index in [0.717, 1.165) is 56.3 Å². The fourth-order valence-electron chi connectivity index (χ4n) is 6.58. The van der Waals surface area contributed by atoms with Crippen LogP contribution in [-0.4, -0.2) is 80.4 Å². The van der Waals surface area contributed by atoms with Gasteiger partial charge in [-0.2, -0.15) is 0 Å². The summed E-state index contributed by atoms with van der Waals surface area (Å²) in [6.07, 6.45) is 11.7. The van der Waals surface area contributed by atoms with Crippen LogP contribution < -0.4 is 9.74 Å². The van der Waals surface area contributed by atoms with Gasteiger partial charge >= 0.3 is 17.9 Å². The highest BCUT2D eigenvalue weighted by atomic mass is 28.4. The van der Waals surface area contributed by atoms with Crippen LogP contribution in [0.25, 0.3) is 0 Å². The van der Waals surface area contributed by atoms with Crippen LogP contribution in [0.5, 0.6) is 5.75 Å². The molecule has 3 atom stereocenters. The summed E-state index contributed by atoms with van der Waals surface area (Å²) in [7, 11) is -4.57. The fraction of sp³-hybridized carbons (Fsp3) is 0.738. The lowest BCUT2D eigenvalue weighted by molar-refractivity contribution is -0.172. The second-order valence-electron chi connectivity index (χ2n) is 17.9. The first-order valence-electron chi connectivity index (χ1n) is 20.7. The number of unbranched alkanes of at least 4 members (excludes halogenated alkanes) is 9. The molecule has 0 aliphatic carbocycles. The van der Waals surface area contributed by atoms with Crippen molar-refractivity contribution in [3.8, 4) is 5.75 Å². The van der Waals surface area contributed by atoms with E-state index in [1.165, 1.54) is 33.5 Å². The molecular weight excluding hydrogens is 763 g/mol. The lowest BCUT2D eigenvalue weighted by atomic mass is 9.80. The van der Waals surface area contributed by atoms with Gasteiger partial charge in [-0.1, -0.05) is 76.8 Å². The molecule has 320 valence electrons. The molecule has 1 aromatic carbocycles. The summed E-state index contributed by atoms with van der Waals surface area (Å²) >= 11 is 0. The Labute approximate surface area is 341 Å². The molecular formula is C42H75NO10Si3. The first-order chi connectivity index (χ1) is 26.1. The van der Waals surface area contributed by atoms with Gasteiger partial charge in [0.1, 0.15) is 17.6 Å². The largest absolute Gasteiger partial charge is 0.544 e. The molecule has 0 bridgehead atoms. The van der Waals surface area contributed by atoms with Gasteiger partial charge in [0.15, 0.2) is 13.9 Å². The molecule has 1 amide bonds. The Balaban J connectivity index is 3.36. The van der Waals surface area contributed by atoms with Gasteiger partial charge < -0.3 is 28.1 Å². The maximum absolute atomic E-state index is 14.7. The van der Waals surface area contributed by atoms with Crippen molar-refractivity contribution >= 4 is 54.6 Å². The normalized spacial score (nSPS) is 14.2. The molecule has 0 heterocycles. The average molecular weight is 838 g/mol. The first kappa shape index (κ1) is 51.2. The predicted molar refractivity (Wildman–Crippen MR) is 230 cm³/mol. The molecule has 11 nitrogen and oxygen atoms in total. The number of carbonyl (C=O) groups is 5. The van der Waals surface area contributed by atoms with E-state index in [1.54, 1.807) is 0 Å². The van der Waals surface area contributed by atoms with Crippen LogP contribution in [-0.2, 0) is 48.7 Å². The summed E-state index contributed by atoms with van der Waals surface area (Å²) in [6.45, 7) is 19.7. The van der Waals surface area contributed by atoms with Crippen LogP contribution in [0.3, 0.4) is 0 Å². The van der Waals surface area contributed by atoms with E-state index in [9.17, 15) is 24.0 Å². The van der Waals surface area contributed by atoms with Crippen molar-refractivity contribution in [2.75, 3.05) is 14.2 Å². The van der Waals surface area contributed by atoms with Crippen LogP contribution in [0.15, 0.2) is 24.3 Å². The van der Waals surface area contributed by atoms with Crippen LogP contribution in [0.2, 0.25) is 58.9 Å². The molecule has 0 spiro atoms. The Bertz CT molecular complexity index is 1370. The summed E-state index contributed by atoms with van der Waals surface area (Å²) in [4.78, 5) is 67.8. The Morgan fingerprint density at radius 1 is 0.679 bits per heavy atom. The van der Waals surface area contributed by atoms with Gasteiger partial charge in [-0.15, -0.1) is 0 Å². The van der Waals surface area contributed by atoms with Gasteiger partial charge in [0.25, 0.3) is 0 Å². The molecule has 0 aromatic heterocycles. The summed E-state index contributed by atoms with van der Waals surface area (Å²) in [6, 6.07) is 6.29. The van der Waals surface area contributed by atoms with Gasteiger partial charge in [-0.3, -0.25) is 19.2 Å². The van der Waals surface area contributed by atoms with E-state index in [2.05, 4.69) is 31.9 Å². The molecule has 1 N–H and O–H groups in total. The van der Waals surface area contributed by atoms with E-state index in [1.807, 2.05) is 63.5 Å². The molecule has 0 saturated carbocycles. The molecule has 56 heavy (non-hydrogen) atoms. The number of amides is 1. The number of hydrogen-bond donors (Lipinski definition) is 1. The zero-order valence-corrected chi connectivity index (χ0v) is 39.9. The van der Waals surface area contributed by atoms with Crippen molar-refractivity contribution in [2.45, 2.75) is 180 Å². The lowest BCUT2D eigenvalue weighted by Crippen LogP contribution is -2.62. The summed E-state index contributed by atoms with van der Waals surface area (Å²) in [5.41, 5.74) is -1.22. The van der Waals surface area contributed by atoms with E-state index in [-0.39, 0.29) is 12.8 Å². The predicted octanol–water partition coefficient (Wildman–Crippen LogP) is 9.30. The molecule has 14 heteroatoms. The molecule has 0 aliphatic heterocycles. The highest BCUT2D eigenvalue weighted by Gasteiger charge is 2.56. The molecule has 1 aromatic rings. The van der Waals surface area contributed by atoms with E-state index in [4.69, 9.17) is 22.8 Å². The molecule has 0 radical (unpaired) electrons. The van der Waals surface area contributed by atoms with Gasteiger partial charge in [0.05, 0.1) is 26.6 Å². The quantitative estimate of drug-likeness (QED) is 0.0471. The maximum Gasteiger partial charge on any atom is 0.328 e. The number of Topliss-reactive ketones (excluding diaryl/α,β-unsaturated/α-hetero) is 1. The third-order valence-electron chi connectivity index (χ3n) is 9.09. The molecule has 0 saturated heterocycles. The maximum atomic E-state index is 14.7. The van der Waals surface area contributed by atoms with Crippen LogP contribution in [0.1, 0.15) is 109 Å². The first-order valence-corrected chi connectivity index (χ1v) is 31.0. The number of ketones is 1. The zero-order chi connectivity index (χ0) is 42.6. The second-order valence-corrected chi connectivity index (χ2v) is 31.2. The Kier molecular flexibility index (Phi) is 22.7. The second kappa shape index (κ2) is 24.8. The van der Waals surface area contributed by atoms with Crippen molar-refractivity contribution in [1.29, 1.82) is 0 Å². The van der Waals surface area contributed by atoms with Crippen LogP contribution >= 0.6 is 0 Å². The number of hydrogen-bond acceptors (Lipinski definition) is 10. The van der Waals surface area contributed by atoms with Crippen LogP contribution in [0, 0.1) is 5.92 Å². The minimum absolute atomic E-state index is 0.123. The summed E-state index contributed by atoms with van der Waals surface area (Å²) in [5, 5.41) is 2.89. The van der Waals surface area contributed by atoms with Crippen molar-refractivity contribution < 1.29 is 46.7 Å². The van der Waals surface area contributed by atoms with Crippen LogP contribution in [0.4, 0.5) is 0 Å². The standard InChI is InChI=1S/C42H75NO10Si3/c1-13-14-15-18-21-24-34(44)25-22-19-16-17-20-23-26-36(42(32-38(45)49-2,53-56(10,11)12)41(48)52-55(7,8)9)39(46)43-37(40(47)50-3)31-33-27-29-35(30-28-33)51-54(4,5)6/h27-30,36-37H,13-26,31-32H2,1-12H3,(H,43,46). The molecule has 3 unspecified atom stereocenters. The van der Waals surface area contributed by atoms with Gasteiger partial charge in [0, 0.05) is 19.3 Å². The Morgan fingerprint density at radius 2 is 1.21 bits per heavy atom. The number of carbonyl (C=O) groups excluding carboxylic acids is 5. The van der Waals surface area contributed by atoms with E-state index in [0.29, 0.717) is 25.0 Å². The third kappa shape index (κ3) is 21.1. The minimum Gasteiger partial charge on any atom is -0.544 e. The number of nitrogens with one attached hydrogen (secondary N) is 1. The number of benzene rings is 1. The minimum atomic E-state index is -2.67. The van der Waals surface area contributed by atoms with Crippen molar-refractivity contribution in [3.63, 3.8) is 0 Å². The number of methoxy groups -OCH3 is 2. The average Bonchev–Trinajstić information content (AvgIpc) is 3.08. The Morgan fingerprint density at radius 3 is 1.70 bits per heavy atom. The number of rotatable bonds is 29. The number of ether oxygens (including phenoxy) is 2. The monoisotopic (exact) mass is 837 g/mol. The van der Waals surface area contributed by atoms with Crippen molar-refractivity contribution in [1.82, 2.24) is 5.32 Å².